The van der Waals surface area contributed by atoms with Gasteiger partial charge in [0.1, 0.15) is 5.56 Å². The molecule has 1 atom stereocenters. The highest BCUT2D eigenvalue weighted by atomic mass is 32.1. The first kappa shape index (κ1) is 17.6. The molecule has 0 radical (unpaired) electrons. The number of hydrogen-bond donors (Lipinski definition) is 4. The standard InChI is InChI=1S/C17H16N4O4S/c1-21-15(23)11(14(22)20-17(21)26)8-19-13(16(24)25)6-9-7-18-12-5-3-2-4-10(9)12/h2-5,7-8,13,18,23H,6H2,1H3,(H,24,25)(H,20,22,26)/t13-/m0/s1. The van der Waals surface area contributed by atoms with Crippen molar-refractivity contribution in [2.24, 2.45) is 12.0 Å². The highest BCUT2D eigenvalue weighted by Crippen LogP contribution is 2.20. The smallest absolute Gasteiger partial charge is 0.328 e. The van der Waals surface area contributed by atoms with Crippen LogP contribution in [0.2, 0.25) is 0 Å². The minimum atomic E-state index is -1.13. The van der Waals surface area contributed by atoms with Crippen molar-refractivity contribution in [2.45, 2.75) is 12.5 Å². The summed E-state index contributed by atoms with van der Waals surface area (Å²) in [5.74, 6) is -1.51. The molecule has 2 heterocycles. The number of rotatable bonds is 5. The maximum absolute atomic E-state index is 11.9. The Labute approximate surface area is 152 Å². The van der Waals surface area contributed by atoms with E-state index in [9.17, 15) is 19.8 Å². The first-order chi connectivity index (χ1) is 12.4. The topological polar surface area (TPSA) is 123 Å². The summed E-state index contributed by atoms with van der Waals surface area (Å²) < 4.78 is 1.26. The van der Waals surface area contributed by atoms with E-state index in [4.69, 9.17) is 12.2 Å². The van der Waals surface area contributed by atoms with E-state index in [1.165, 1.54) is 11.6 Å². The monoisotopic (exact) mass is 372 g/mol. The predicted molar refractivity (Wildman–Crippen MR) is 99.6 cm³/mol. The first-order valence-corrected chi connectivity index (χ1v) is 8.12. The van der Waals surface area contributed by atoms with Crippen molar-refractivity contribution in [3.05, 3.63) is 56.7 Å². The summed E-state index contributed by atoms with van der Waals surface area (Å²) in [6.07, 6.45) is 2.95. The molecule has 0 spiro atoms. The van der Waals surface area contributed by atoms with E-state index in [0.717, 1.165) is 22.7 Å². The van der Waals surface area contributed by atoms with Crippen LogP contribution in [0.15, 0.2) is 40.2 Å². The van der Waals surface area contributed by atoms with Crippen LogP contribution in [0.4, 0.5) is 0 Å². The van der Waals surface area contributed by atoms with Gasteiger partial charge < -0.3 is 15.2 Å². The normalized spacial score (nSPS) is 12.7. The molecular formula is C17H16N4O4S. The van der Waals surface area contributed by atoms with E-state index in [-0.39, 0.29) is 22.6 Å². The van der Waals surface area contributed by atoms with Gasteiger partial charge in [0, 0.05) is 36.8 Å². The van der Waals surface area contributed by atoms with Crippen molar-refractivity contribution in [1.29, 1.82) is 0 Å². The molecule has 9 heteroatoms. The fourth-order valence-corrected chi connectivity index (χ4v) is 2.80. The number of aliphatic carboxylic acids is 1. The third-order valence-electron chi connectivity index (χ3n) is 4.09. The first-order valence-electron chi connectivity index (χ1n) is 7.71. The second-order valence-electron chi connectivity index (χ2n) is 5.75. The summed E-state index contributed by atoms with van der Waals surface area (Å²) in [6.45, 7) is 0. The van der Waals surface area contributed by atoms with Crippen LogP contribution >= 0.6 is 12.2 Å². The minimum Gasteiger partial charge on any atom is -0.494 e. The zero-order chi connectivity index (χ0) is 18.8. The maximum atomic E-state index is 11.9. The molecule has 0 saturated heterocycles. The van der Waals surface area contributed by atoms with Crippen LogP contribution in [0.1, 0.15) is 11.1 Å². The van der Waals surface area contributed by atoms with Gasteiger partial charge in [-0.05, 0) is 23.8 Å². The van der Waals surface area contributed by atoms with Gasteiger partial charge in [0.25, 0.3) is 5.56 Å². The number of hydrogen-bond acceptors (Lipinski definition) is 5. The van der Waals surface area contributed by atoms with Crippen molar-refractivity contribution in [1.82, 2.24) is 14.5 Å². The lowest BCUT2D eigenvalue weighted by Gasteiger charge is -2.08. The molecule has 3 aromatic rings. The van der Waals surface area contributed by atoms with Crippen molar-refractivity contribution >= 4 is 35.3 Å². The van der Waals surface area contributed by atoms with Gasteiger partial charge in [-0.2, -0.15) is 0 Å². The minimum absolute atomic E-state index is 0.0539. The number of carbonyl (C=O) groups is 1. The number of nitrogens with zero attached hydrogens (tertiary/aromatic N) is 2. The van der Waals surface area contributed by atoms with E-state index in [1.807, 2.05) is 24.3 Å². The van der Waals surface area contributed by atoms with Gasteiger partial charge >= 0.3 is 5.97 Å². The number of carboxylic acid groups (broad SMARTS) is 1. The quantitative estimate of drug-likeness (QED) is 0.401. The lowest BCUT2D eigenvalue weighted by molar-refractivity contribution is -0.138. The molecule has 0 aliphatic heterocycles. The molecule has 134 valence electrons. The molecule has 26 heavy (non-hydrogen) atoms. The highest BCUT2D eigenvalue weighted by Gasteiger charge is 2.19. The molecule has 3 rings (SSSR count). The van der Waals surface area contributed by atoms with Crippen molar-refractivity contribution in [3.63, 3.8) is 0 Å². The fourth-order valence-electron chi connectivity index (χ4n) is 2.62. The lowest BCUT2D eigenvalue weighted by atomic mass is 10.1. The molecule has 0 fully saturated rings. The molecule has 0 aliphatic rings. The van der Waals surface area contributed by atoms with E-state index < -0.39 is 17.6 Å². The van der Waals surface area contributed by atoms with Gasteiger partial charge in [-0.25, -0.2) is 4.79 Å². The second kappa shape index (κ2) is 6.96. The van der Waals surface area contributed by atoms with E-state index >= 15 is 0 Å². The third-order valence-corrected chi connectivity index (χ3v) is 4.46. The number of aromatic amines is 2. The van der Waals surface area contributed by atoms with Gasteiger partial charge in [0.05, 0.1) is 0 Å². The SMILES string of the molecule is Cn1c(O)c(C=N[C@@H](Cc2c[nH]c3ccccc23)C(=O)O)c(=O)[nH]c1=S. The molecule has 0 bridgehead atoms. The number of nitrogens with one attached hydrogen (secondary N) is 2. The summed E-state index contributed by atoms with van der Waals surface area (Å²) >= 11 is 4.89. The lowest BCUT2D eigenvalue weighted by Crippen LogP contribution is -2.22. The van der Waals surface area contributed by atoms with Crippen LogP contribution in [-0.4, -0.2) is 43.0 Å². The second-order valence-corrected chi connectivity index (χ2v) is 6.14. The Kier molecular flexibility index (Phi) is 4.72. The fraction of sp³-hybridized carbons (Fsp3) is 0.176. The molecule has 2 aromatic heterocycles. The van der Waals surface area contributed by atoms with Gasteiger partial charge in [0.15, 0.2) is 10.8 Å². The maximum Gasteiger partial charge on any atom is 0.328 e. The average molecular weight is 372 g/mol. The summed E-state index contributed by atoms with van der Waals surface area (Å²) in [5.41, 5.74) is 0.921. The Morgan fingerprint density at radius 1 is 1.42 bits per heavy atom. The Morgan fingerprint density at radius 2 is 2.15 bits per heavy atom. The van der Waals surface area contributed by atoms with Crippen molar-refractivity contribution in [2.75, 3.05) is 0 Å². The van der Waals surface area contributed by atoms with Gasteiger partial charge in [-0.3, -0.25) is 19.3 Å². The highest BCUT2D eigenvalue weighted by molar-refractivity contribution is 7.71. The van der Waals surface area contributed by atoms with Gasteiger partial charge in [-0.15, -0.1) is 0 Å². The molecule has 0 unspecified atom stereocenters. The molecule has 8 nitrogen and oxygen atoms in total. The summed E-state index contributed by atoms with van der Waals surface area (Å²) in [5, 5.41) is 20.4. The Balaban J connectivity index is 1.94. The van der Waals surface area contributed by atoms with Gasteiger partial charge in [-0.1, -0.05) is 18.2 Å². The molecule has 0 aliphatic carbocycles. The number of carboxylic acids is 1. The number of aliphatic imine (C=N–C) groups is 1. The average Bonchev–Trinajstić information content (AvgIpc) is 3.01. The van der Waals surface area contributed by atoms with E-state index in [0.29, 0.717) is 0 Å². The molecular weight excluding hydrogens is 356 g/mol. The van der Waals surface area contributed by atoms with Crippen LogP contribution in [0.25, 0.3) is 10.9 Å². The Bertz CT molecular complexity index is 1130. The largest absolute Gasteiger partial charge is 0.494 e. The molecule has 0 saturated carbocycles. The zero-order valence-electron chi connectivity index (χ0n) is 13.8. The summed E-state index contributed by atoms with van der Waals surface area (Å²) in [7, 11) is 1.48. The van der Waals surface area contributed by atoms with E-state index in [1.54, 1.807) is 6.20 Å². The van der Waals surface area contributed by atoms with Crippen LogP contribution < -0.4 is 5.56 Å². The van der Waals surface area contributed by atoms with Crippen LogP contribution in [0.3, 0.4) is 0 Å². The number of aromatic nitrogens is 3. The number of H-pyrrole nitrogens is 2. The molecule has 4 N–H and O–H groups in total. The molecule has 0 amide bonds. The van der Waals surface area contributed by atoms with Crippen LogP contribution in [0.5, 0.6) is 5.88 Å². The Hall–Kier alpha value is -3.20. The summed E-state index contributed by atoms with van der Waals surface area (Å²) in [6, 6.07) is 6.43. The number of para-hydroxylation sites is 1. The van der Waals surface area contributed by atoms with Crippen LogP contribution in [-0.2, 0) is 18.3 Å². The Morgan fingerprint density at radius 3 is 2.88 bits per heavy atom. The van der Waals surface area contributed by atoms with Crippen molar-refractivity contribution in [3.8, 4) is 5.88 Å². The summed E-state index contributed by atoms with van der Waals surface area (Å²) in [4.78, 5) is 33.0. The van der Waals surface area contributed by atoms with Crippen LogP contribution in [0, 0.1) is 4.77 Å². The number of benzene rings is 1. The number of fused-ring (bicyclic) bond motifs is 1. The van der Waals surface area contributed by atoms with Crippen molar-refractivity contribution < 1.29 is 15.0 Å². The molecule has 1 aromatic carbocycles. The zero-order valence-corrected chi connectivity index (χ0v) is 14.6. The third kappa shape index (κ3) is 3.29. The predicted octanol–water partition coefficient (Wildman–Crippen LogP) is 1.74. The van der Waals surface area contributed by atoms with Gasteiger partial charge in [0.2, 0.25) is 5.88 Å². The number of aromatic hydroxyl groups is 1. The van der Waals surface area contributed by atoms with E-state index in [2.05, 4.69) is 15.0 Å².